The lowest BCUT2D eigenvalue weighted by Crippen LogP contribution is -2.33. The van der Waals surface area contributed by atoms with E-state index in [0.29, 0.717) is 51.9 Å². The lowest BCUT2D eigenvalue weighted by Gasteiger charge is -2.18. The maximum atomic E-state index is 13.4. The maximum absolute atomic E-state index is 13.4. The summed E-state index contributed by atoms with van der Waals surface area (Å²) < 4.78 is 6.92. The molecule has 2 amide bonds. The third-order valence-electron chi connectivity index (χ3n) is 5.15. The maximum Gasteiger partial charge on any atom is 0.266 e. The van der Waals surface area contributed by atoms with Crippen molar-refractivity contribution < 1.29 is 14.3 Å². The number of para-hydroxylation sites is 1. The minimum absolute atomic E-state index is 0.00852. The number of likely N-dealkylation sites (tertiary alicyclic amines) is 1. The van der Waals surface area contributed by atoms with Gasteiger partial charge in [-0.2, -0.15) is 0 Å². The highest BCUT2D eigenvalue weighted by Gasteiger charge is 2.27. The number of thioether (sulfide) groups is 1. The Bertz CT molecular complexity index is 1260. The minimum atomic E-state index is -0.291. The normalized spacial score (nSPS) is 13.8. The number of imide groups is 1. The molecular weight excluding hydrogens is 438 g/mol. The fourth-order valence-corrected chi connectivity index (χ4v) is 4.56. The van der Waals surface area contributed by atoms with Crippen molar-refractivity contribution in [1.82, 2.24) is 14.5 Å². The number of methoxy groups -OCH3 is 1. The molecule has 0 aliphatic carbocycles. The largest absolute Gasteiger partial charge is 0.495 e. The number of rotatable bonds is 5. The molecule has 160 valence electrons. The first-order chi connectivity index (χ1) is 14.9. The molecule has 4 rings (SSSR count). The van der Waals surface area contributed by atoms with Gasteiger partial charge >= 0.3 is 0 Å². The topological polar surface area (TPSA) is 81.5 Å². The molecular formula is C22H20ClN3O4S. The van der Waals surface area contributed by atoms with Crippen LogP contribution in [0, 0.1) is 6.92 Å². The van der Waals surface area contributed by atoms with Crippen molar-refractivity contribution in [2.45, 2.75) is 24.9 Å². The fraction of sp³-hybridized carbons (Fsp3) is 0.273. The molecule has 1 aliphatic heterocycles. The number of ether oxygens (including phenoxy) is 1. The number of aromatic nitrogens is 2. The number of halogens is 1. The van der Waals surface area contributed by atoms with Gasteiger partial charge in [0.1, 0.15) is 5.75 Å². The van der Waals surface area contributed by atoms with Gasteiger partial charge in [-0.05, 0) is 37.1 Å². The molecule has 7 nitrogen and oxygen atoms in total. The predicted molar refractivity (Wildman–Crippen MR) is 120 cm³/mol. The molecule has 1 aliphatic rings. The quantitative estimate of drug-likeness (QED) is 0.430. The average Bonchev–Trinajstić information content (AvgIpc) is 3.20. The summed E-state index contributed by atoms with van der Waals surface area (Å²) in [6, 6.07) is 10.4. The second-order valence-corrected chi connectivity index (χ2v) is 8.51. The Balaban J connectivity index is 1.83. The van der Waals surface area contributed by atoms with E-state index in [0.717, 1.165) is 17.3 Å². The van der Waals surface area contributed by atoms with Gasteiger partial charge in [-0.15, -0.1) is 0 Å². The molecule has 0 bridgehead atoms. The van der Waals surface area contributed by atoms with E-state index in [1.807, 2.05) is 6.92 Å². The van der Waals surface area contributed by atoms with Crippen molar-refractivity contribution in [3.63, 3.8) is 0 Å². The van der Waals surface area contributed by atoms with Gasteiger partial charge in [-0.1, -0.05) is 35.5 Å². The summed E-state index contributed by atoms with van der Waals surface area (Å²) in [5.74, 6) is -0.0476. The van der Waals surface area contributed by atoms with Crippen molar-refractivity contribution in [3.05, 3.63) is 57.3 Å². The molecule has 9 heteroatoms. The molecule has 1 fully saturated rings. The van der Waals surface area contributed by atoms with E-state index in [-0.39, 0.29) is 23.1 Å². The zero-order chi connectivity index (χ0) is 22.1. The van der Waals surface area contributed by atoms with Crippen LogP contribution in [0.15, 0.2) is 46.3 Å². The standard InChI is InChI=1S/C22H20ClN3O4S/c1-13-10-17(18(30-2)11-15(13)23)26-21(29)14-6-3-4-7-16(14)24-22(26)31-12-20(28)25-9-5-8-19(25)27/h3-4,6-7,10-11H,5,8-9,12H2,1-2H3. The van der Waals surface area contributed by atoms with Crippen LogP contribution in [0.5, 0.6) is 5.75 Å². The van der Waals surface area contributed by atoms with Crippen LogP contribution in [-0.4, -0.2) is 45.7 Å². The molecule has 0 N–H and O–H groups in total. The zero-order valence-corrected chi connectivity index (χ0v) is 18.6. The molecule has 1 saturated heterocycles. The number of carbonyl (C=O) groups excluding carboxylic acids is 2. The second-order valence-electron chi connectivity index (χ2n) is 7.16. The van der Waals surface area contributed by atoms with E-state index in [2.05, 4.69) is 4.98 Å². The van der Waals surface area contributed by atoms with Crippen LogP contribution in [0.3, 0.4) is 0 Å². The SMILES string of the molecule is COc1cc(Cl)c(C)cc1-n1c(SCC(=O)N2CCCC2=O)nc2ccccc2c1=O. The number of hydrogen-bond donors (Lipinski definition) is 0. The van der Waals surface area contributed by atoms with E-state index < -0.39 is 0 Å². The molecule has 3 aromatic rings. The lowest BCUT2D eigenvalue weighted by molar-refractivity contribution is -0.140. The lowest BCUT2D eigenvalue weighted by atomic mass is 10.2. The smallest absolute Gasteiger partial charge is 0.266 e. The third kappa shape index (κ3) is 4.05. The Labute approximate surface area is 188 Å². The van der Waals surface area contributed by atoms with Gasteiger partial charge in [0.15, 0.2) is 5.16 Å². The second kappa shape index (κ2) is 8.72. The van der Waals surface area contributed by atoms with Crippen molar-refractivity contribution in [1.29, 1.82) is 0 Å². The Morgan fingerprint density at radius 2 is 2.03 bits per heavy atom. The van der Waals surface area contributed by atoms with Crippen molar-refractivity contribution in [3.8, 4) is 11.4 Å². The predicted octanol–water partition coefficient (Wildman–Crippen LogP) is 3.60. The highest BCUT2D eigenvalue weighted by Crippen LogP contribution is 2.32. The first-order valence-electron chi connectivity index (χ1n) is 9.73. The molecule has 0 saturated carbocycles. The van der Waals surface area contributed by atoms with Gasteiger partial charge in [0.25, 0.3) is 5.56 Å². The van der Waals surface area contributed by atoms with Crippen LogP contribution >= 0.6 is 23.4 Å². The van der Waals surface area contributed by atoms with Crippen molar-refractivity contribution in [2.24, 2.45) is 0 Å². The molecule has 1 aromatic heterocycles. The van der Waals surface area contributed by atoms with Crippen LogP contribution in [0.4, 0.5) is 0 Å². The van der Waals surface area contributed by atoms with E-state index >= 15 is 0 Å². The Kier molecular flexibility index (Phi) is 6.02. The first-order valence-corrected chi connectivity index (χ1v) is 11.1. The number of hydrogen-bond acceptors (Lipinski definition) is 6. The van der Waals surface area contributed by atoms with Crippen molar-refractivity contribution in [2.75, 3.05) is 19.4 Å². The molecule has 0 atom stereocenters. The van der Waals surface area contributed by atoms with Gasteiger partial charge in [0.2, 0.25) is 11.8 Å². The molecule has 31 heavy (non-hydrogen) atoms. The van der Waals surface area contributed by atoms with Crippen LogP contribution in [0.2, 0.25) is 5.02 Å². The Morgan fingerprint density at radius 3 is 2.74 bits per heavy atom. The van der Waals surface area contributed by atoms with Gasteiger partial charge in [0, 0.05) is 24.1 Å². The number of nitrogens with zero attached hydrogens (tertiary/aromatic N) is 3. The van der Waals surface area contributed by atoms with E-state index in [1.165, 1.54) is 16.6 Å². The third-order valence-corrected chi connectivity index (χ3v) is 6.48. The summed E-state index contributed by atoms with van der Waals surface area (Å²) in [4.78, 5) is 43.8. The zero-order valence-electron chi connectivity index (χ0n) is 17.1. The molecule has 2 aromatic carbocycles. The number of aryl methyl sites for hydroxylation is 1. The monoisotopic (exact) mass is 457 g/mol. The highest BCUT2D eigenvalue weighted by molar-refractivity contribution is 7.99. The van der Waals surface area contributed by atoms with Crippen LogP contribution in [-0.2, 0) is 9.59 Å². The first kappa shape index (κ1) is 21.4. The fourth-order valence-electron chi connectivity index (χ4n) is 3.52. The Morgan fingerprint density at radius 1 is 1.26 bits per heavy atom. The van der Waals surface area contributed by atoms with Gasteiger partial charge < -0.3 is 4.74 Å². The van der Waals surface area contributed by atoms with E-state index in [1.54, 1.807) is 36.4 Å². The minimum Gasteiger partial charge on any atom is -0.495 e. The average molecular weight is 458 g/mol. The molecule has 0 radical (unpaired) electrons. The molecule has 2 heterocycles. The van der Waals surface area contributed by atoms with Gasteiger partial charge in [-0.25, -0.2) is 4.98 Å². The number of amides is 2. The highest BCUT2D eigenvalue weighted by atomic mass is 35.5. The summed E-state index contributed by atoms with van der Waals surface area (Å²) >= 11 is 7.36. The summed E-state index contributed by atoms with van der Waals surface area (Å²) in [6.45, 7) is 2.26. The summed E-state index contributed by atoms with van der Waals surface area (Å²) in [6.07, 6.45) is 1.06. The summed E-state index contributed by atoms with van der Waals surface area (Å²) in [5.41, 5.74) is 1.51. The van der Waals surface area contributed by atoms with Crippen LogP contribution in [0.1, 0.15) is 18.4 Å². The number of benzene rings is 2. The molecule has 0 unspecified atom stereocenters. The van der Waals surface area contributed by atoms with Crippen LogP contribution < -0.4 is 10.3 Å². The summed E-state index contributed by atoms with van der Waals surface area (Å²) in [5, 5.41) is 1.30. The van der Waals surface area contributed by atoms with E-state index in [9.17, 15) is 14.4 Å². The number of fused-ring (bicyclic) bond motifs is 1. The molecule has 0 spiro atoms. The summed E-state index contributed by atoms with van der Waals surface area (Å²) in [7, 11) is 1.50. The van der Waals surface area contributed by atoms with E-state index in [4.69, 9.17) is 16.3 Å². The van der Waals surface area contributed by atoms with Crippen molar-refractivity contribution >= 4 is 46.1 Å². The number of carbonyl (C=O) groups is 2. The van der Waals surface area contributed by atoms with Gasteiger partial charge in [0.05, 0.1) is 29.5 Å². The van der Waals surface area contributed by atoms with Crippen LogP contribution in [0.25, 0.3) is 16.6 Å². The van der Waals surface area contributed by atoms with Gasteiger partial charge in [-0.3, -0.25) is 23.9 Å². The Hall–Kier alpha value is -2.84.